The molecular formula is C15H25N3OS. The van der Waals surface area contributed by atoms with Crippen molar-refractivity contribution in [2.75, 3.05) is 13.1 Å². The van der Waals surface area contributed by atoms with E-state index in [1.54, 1.807) is 0 Å². The summed E-state index contributed by atoms with van der Waals surface area (Å²) >= 11 is 1.28. The topological polar surface area (TPSA) is 48.1 Å². The summed E-state index contributed by atoms with van der Waals surface area (Å²) < 4.78 is 0. The second-order valence-corrected chi connectivity index (χ2v) is 7.20. The minimum Gasteiger partial charge on any atom is -0.315 e. The molecule has 0 radical (unpaired) electrons. The van der Waals surface area contributed by atoms with Gasteiger partial charge in [-0.05, 0) is 19.3 Å². The number of rotatable bonds is 3. The Morgan fingerprint density at radius 2 is 2.20 bits per heavy atom. The summed E-state index contributed by atoms with van der Waals surface area (Å²) in [4.78, 5) is 16.9. The molecule has 3 rings (SSSR count). The fourth-order valence-electron chi connectivity index (χ4n) is 3.80. The largest absolute Gasteiger partial charge is 0.315 e. The van der Waals surface area contributed by atoms with Crippen LogP contribution in [-0.4, -0.2) is 34.6 Å². The van der Waals surface area contributed by atoms with Crippen LogP contribution >= 0.6 is 11.3 Å². The fraction of sp³-hybridized carbons (Fsp3) is 0.800. The van der Waals surface area contributed by atoms with Crippen LogP contribution in [0.4, 0.5) is 0 Å². The lowest BCUT2D eigenvalue weighted by molar-refractivity contribution is 0.0477. The van der Waals surface area contributed by atoms with Gasteiger partial charge in [-0.3, -0.25) is 9.69 Å². The number of nitrogens with one attached hydrogen (secondary N) is 2. The Morgan fingerprint density at radius 3 is 2.85 bits per heavy atom. The number of nitrogens with zero attached hydrogens (tertiary/aromatic N) is 1. The Kier molecular flexibility index (Phi) is 4.29. The molecule has 1 spiro atoms. The smallest absolute Gasteiger partial charge is 0.304 e. The van der Waals surface area contributed by atoms with Crippen molar-refractivity contribution in [2.45, 2.75) is 63.6 Å². The van der Waals surface area contributed by atoms with Crippen molar-refractivity contribution in [2.24, 2.45) is 0 Å². The Morgan fingerprint density at radius 1 is 1.40 bits per heavy atom. The van der Waals surface area contributed by atoms with Gasteiger partial charge in [-0.25, -0.2) is 0 Å². The quantitative estimate of drug-likeness (QED) is 0.900. The fourth-order valence-corrected chi connectivity index (χ4v) is 4.37. The van der Waals surface area contributed by atoms with Crippen molar-refractivity contribution in [3.8, 4) is 0 Å². The van der Waals surface area contributed by atoms with Crippen molar-refractivity contribution >= 4 is 11.3 Å². The average Bonchev–Trinajstić information content (AvgIpc) is 2.85. The van der Waals surface area contributed by atoms with Crippen LogP contribution in [0.2, 0.25) is 0 Å². The van der Waals surface area contributed by atoms with Gasteiger partial charge in [0, 0.05) is 42.3 Å². The van der Waals surface area contributed by atoms with Gasteiger partial charge in [0.05, 0.1) is 0 Å². The number of H-pyrrole nitrogens is 1. The molecule has 1 saturated carbocycles. The van der Waals surface area contributed by atoms with Crippen molar-refractivity contribution in [1.82, 2.24) is 15.2 Å². The van der Waals surface area contributed by atoms with Crippen molar-refractivity contribution < 1.29 is 0 Å². The number of hydrogen-bond acceptors (Lipinski definition) is 4. The monoisotopic (exact) mass is 295 g/mol. The number of aromatic amines is 1. The van der Waals surface area contributed by atoms with Gasteiger partial charge in [0.25, 0.3) is 0 Å². The summed E-state index contributed by atoms with van der Waals surface area (Å²) in [7, 11) is 0. The second kappa shape index (κ2) is 6.00. The van der Waals surface area contributed by atoms with Crippen molar-refractivity contribution in [3.63, 3.8) is 0 Å². The molecule has 1 aromatic rings. The highest BCUT2D eigenvalue weighted by molar-refractivity contribution is 7.07. The molecule has 5 heteroatoms. The standard InChI is InChI=1S/C15H25N3OS/c1-2-13-8-16-15(6-4-3-5-7-15)11-18(13)9-12-10-20-14(19)17-12/h10,13,16H,2-9,11H2,1H3,(H,17,19). The Balaban J connectivity index is 1.72. The van der Waals surface area contributed by atoms with Crippen LogP contribution < -0.4 is 10.2 Å². The average molecular weight is 295 g/mol. The molecule has 1 unspecified atom stereocenters. The molecule has 20 heavy (non-hydrogen) atoms. The summed E-state index contributed by atoms with van der Waals surface area (Å²) in [6.07, 6.45) is 7.87. The maximum atomic E-state index is 11.3. The molecule has 112 valence electrons. The summed E-state index contributed by atoms with van der Waals surface area (Å²) in [5.74, 6) is 0. The van der Waals surface area contributed by atoms with Gasteiger partial charge in [0.15, 0.2) is 0 Å². The Labute approximate surface area is 124 Å². The van der Waals surface area contributed by atoms with E-state index in [-0.39, 0.29) is 4.87 Å². The molecule has 0 amide bonds. The lowest BCUT2D eigenvalue weighted by Gasteiger charge is -2.49. The lowest BCUT2D eigenvalue weighted by atomic mass is 9.79. The second-order valence-electron chi connectivity index (χ2n) is 6.36. The number of thiazole rings is 1. The molecule has 1 atom stereocenters. The van der Waals surface area contributed by atoms with Gasteiger partial charge >= 0.3 is 4.87 Å². The highest BCUT2D eigenvalue weighted by Crippen LogP contribution is 2.32. The van der Waals surface area contributed by atoms with Gasteiger partial charge in [-0.15, -0.1) is 0 Å². The summed E-state index contributed by atoms with van der Waals surface area (Å²) in [5.41, 5.74) is 1.41. The summed E-state index contributed by atoms with van der Waals surface area (Å²) in [6.45, 7) is 5.36. The minimum atomic E-state index is 0.0653. The van der Waals surface area contributed by atoms with E-state index in [0.29, 0.717) is 11.6 Å². The van der Waals surface area contributed by atoms with E-state index in [9.17, 15) is 4.79 Å². The van der Waals surface area contributed by atoms with Crippen LogP contribution in [0.25, 0.3) is 0 Å². The first-order valence-corrected chi connectivity index (χ1v) is 8.74. The Hall–Kier alpha value is -0.650. The maximum Gasteiger partial charge on any atom is 0.304 e. The van der Waals surface area contributed by atoms with Gasteiger partial charge in [-0.2, -0.15) is 0 Å². The highest BCUT2D eigenvalue weighted by atomic mass is 32.1. The third kappa shape index (κ3) is 3.00. The molecular weight excluding hydrogens is 270 g/mol. The first-order chi connectivity index (χ1) is 9.71. The summed E-state index contributed by atoms with van der Waals surface area (Å²) in [5, 5.41) is 5.82. The molecule has 0 bridgehead atoms. The van der Waals surface area contributed by atoms with Gasteiger partial charge < -0.3 is 10.3 Å². The van der Waals surface area contributed by atoms with Crippen LogP contribution in [0.1, 0.15) is 51.1 Å². The summed E-state index contributed by atoms with van der Waals surface area (Å²) in [6, 6.07) is 0.589. The van der Waals surface area contributed by atoms with E-state index in [2.05, 4.69) is 22.1 Å². The van der Waals surface area contributed by atoms with Gasteiger partial charge in [-0.1, -0.05) is 37.5 Å². The zero-order valence-corrected chi connectivity index (χ0v) is 13.1. The molecule has 1 aliphatic heterocycles. The molecule has 2 fully saturated rings. The normalized spacial score (nSPS) is 26.9. The highest BCUT2D eigenvalue weighted by Gasteiger charge is 2.39. The van der Waals surface area contributed by atoms with Crippen LogP contribution in [0.3, 0.4) is 0 Å². The van der Waals surface area contributed by atoms with E-state index >= 15 is 0 Å². The van der Waals surface area contributed by atoms with Crippen molar-refractivity contribution in [3.05, 3.63) is 20.7 Å². The molecule has 1 saturated heterocycles. The minimum absolute atomic E-state index is 0.0653. The number of piperazine rings is 1. The lowest BCUT2D eigenvalue weighted by Crippen LogP contribution is -2.64. The molecule has 1 aromatic heterocycles. The van der Waals surface area contributed by atoms with Crippen LogP contribution in [0, 0.1) is 0 Å². The zero-order chi connectivity index (χ0) is 14.0. The van der Waals surface area contributed by atoms with Gasteiger partial charge in [0.1, 0.15) is 0 Å². The van der Waals surface area contributed by atoms with E-state index < -0.39 is 0 Å². The maximum absolute atomic E-state index is 11.3. The van der Waals surface area contributed by atoms with E-state index in [4.69, 9.17) is 0 Å². The van der Waals surface area contributed by atoms with E-state index in [1.165, 1.54) is 43.4 Å². The number of hydrogen-bond donors (Lipinski definition) is 2. The third-order valence-corrected chi connectivity index (χ3v) is 5.68. The van der Waals surface area contributed by atoms with Crippen LogP contribution in [0.5, 0.6) is 0 Å². The molecule has 4 nitrogen and oxygen atoms in total. The molecule has 2 aliphatic rings. The number of aromatic nitrogens is 1. The Bertz CT molecular complexity index is 489. The first-order valence-electron chi connectivity index (χ1n) is 7.86. The van der Waals surface area contributed by atoms with Crippen LogP contribution in [0.15, 0.2) is 10.2 Å². The molecule has 1 aliphatic carbocycles. The predicted octanol–water partition coefficient (Wildman–Crippen LogP) is 2.32. The zero-order valence-electron chi connectivity index (χ0n) is 12.3. The van der Waals surface area contributed by atoms with E-state index in [0.717, 1.165) is 31.7 Å². The predicted molar refractivity (Wildman–Crippen MR) is 83.2 cm³/mol. The van der Waals surface area contributed by atoms with Crippen LogP contribution in [-0.2, 0) is 6.54 Å². The first kappa shape index (κ1) is 14.3. The van der Waals surface area contributed by atoms with E-state index in [1.807, 2.05) is 5.38 Å². The SMILES string of the molecule is CCC1CNC2(CCCCC2)CN1Cc1csc(=O)[nH]1. The van der Waals surface area contributed by atoms with Gasteiger partial charge in [0.2, 0.25) is 0 Å². The van der Waals surface area contributed by atoms with Crippen molar-refractivity contribution in [1.29, 1.82) is 0 Å². The molecule has 2 heterocycles. The third-order valence-electron chi connectivity index (χ3n) is 4.96. The molecule has 0 aromatic carbocycles. The molecule has 2 N–H and O–H groups in total.